The number of piperidine rings is 1. The van der Waals surface area contributed by atoms with Crippen molar-refractivity contribution in [2.24, 2.45) is 0 Å². The molecule has 2 aromatic carbocycles. The van der Waals surface area contributed by atoms with Gasteiger partial charge in [0.2, 0.25) is 0 Å². The molecule has 1 fully saturated rings. The van der Waals surface area contributed by atoms with Gasteiger partial charge in [0.1, 0.15) is 18.5 Å². The molecule has 0 bridgehead atoms. The van der Waals surface area contributed by atoms with Crippen molar-refractivity contribution in [3.05, 3.63) is 95.3 Å². The van der Waals surface area contributed by atoms with Crippen LogP contribution in [-0.4, -0.2) is 58.7 Å². The Labute approximate surface area is 196 Å². The van der Waals surface area contributed by atoms with E-state index in [1.165, 1.54) is 24.0 Å². The average molecular weight is 444 g/mol. The fourth-order valence-electron chi connectivity index (χ4n) is 5.09. The molecule has 0 saturated carbocycles. The molecule has 0 radical (unpaired) electrons. The first-order valence-electron chi connectivity index (χ1n) is 12.1. The zero-order valence-electron chi connectivity index (χ0n) is 19.1. The summed E-state index contributed by atoms with van der Waals surface area (Å²) in [5.74, 6) is 0.944. The molecule has 3 aromatic rings. The number of rotatable bonds is 6. The van der Waals surface area contributed by atoms with E-state index in [2.05, 4.69) is 51.2 Å². The van der Waals surface area contributed by atoms with Gasteiger partial charge in [0.25, 0.3) is 0 Å². The molecular formula is C28H33N3O2. The third kappa shape index (κ3) is 5.44. The quantitative estimate of drug-likeness (QED) is 0.623. The molecule has 0 amide bonds. The minimum absolute atomic E-state index is 0.583. The Morgan fingerprint density at radius 3 is 2.61 bits per heavy atom. The maximum absolute atomic E-state index is 10.8. The number of ether oxygens (including phenoxy) is 1. The van der Waals surface area contributed by atoms with Crippen LogP contribution in [0, 0.1) is 0 Å². The number of fused-ring (bicyclic) bond motifs is 1. The molecule has 5 rings (SSSR count). The second-order valence-electron chi connectivity index (χ2n) is 9.18. The first-order valence-corrected chi connectivity index (χ1v) is 12.1. The molecule has 1 aromatic heterocycles. The highest BCUT2D eigenvalue weighted by Gasteiger charge is 2.27. The van der Waals surface area contributed by atoms with E-state index in [9.17, 15) is 5.11 Å². The van der Waals surface area contributed by atoms with Crippen LogP contribution in [0.15, 0.2) is 73.1 Å². The Kier molecular flexibility index (Phi) is 7.01. The van der Waals surface area contributed by atoms with Crippen molar-refractivity contribution >= 4 is 0 Å². The highest BCUT2D eigenvalue weighted by molar-refractivity contribution is 5.41. The lowest BCUT2D eigenvalue weighted by Crippen LogP contribution is -2.45. The molecule has 0 unspecified atom stereocenters. The van der Waals surface area contributed by atoms with Gasteiger partial charge < -0.3 is 14.7 Å². The van der Waals surface area contributed by atoms with E-state index in [1.54, 1.807) is 12.4 Å². The Morgan fingerprint density at radius 1 is 0.970 bits per heavy atom. The highest BCUT2D eigenvalue weighted by atomic mass is 16.5. The first kappa shape index (κ1) is 22.1. The fourth-order valence-corrected chi connectivity index (χ4v) is 5.09. The fraction of sp³-hybridized carbons (Fsp3) is 0.393. The zero-order valence-corrected chi connectivity index (χ0v) is 19.1. The summed E-state index contributed by atoms with van der Waals surface area (Å²) in [5.41, 5.74) is 4.29. The number of aromatic nitrogens is 1. The predicted octanol–water partition coefficient (Wildman–Crippen LogP) is 4.06. The molecule has 1 atom stereocenters. The summed E-state index contributed by atoms with van der Waals surface area (Å²) < 4.78 is 6.07. The largest absolute Gasteiger partial charge is 0.492 e. The summed E-state index contributed by atoms with van der Waals surface area (Å²) in [6.07, 6.45) is 6.30. The van der Waals surface area contributed by atoms with Crippen LogP contribution in [0.4, 0.5) is 0 Å². The number of aliphatic hydroxyl groups excluding tert-OH is 1. The van der Waals surface area contributed by atoms with Crippen molar-refractivity contribution in [2.75, 3.05) is 32.8 Å². The molecule has 2 aliphatic rings. The number of likely N-dealkylation sites (tertiary alicyclic amines) is 1. The number of pyridine rings is 1. The molecule has 172 valence electrons. The minimum Gasteiger partial charge on any atom is -0.492 e. The summed E-state index contributed by atoms with van der Waals surface area (Å²) in [4.78, 5) is 9.34. The van der Waals surface area contributed by atoms with Crippen molar-refractivity contribution in [3.8, 4) is 5.75 Å². The predicted molar refractivity (Wildman–Crippen MR) is 130 cm³/mol. The lowest BCUT2D eigenvalue weighted by atomic mass is 9.98. The van der Waals surface area contributed by atoms with Gasteiger partial charge in [-0.25, -0.2) is 0 Å². The van der Waals surface area contributed by atoms with Crippen LogP contribution in [0.2, 0.25) is 0 Å². The standard InChI is InChI=1S/C28H33N3O2/c32-28(24-7-4-13-29-20-24)23-8-9-27-25(19-23)21-31(17-18-33-27)26-11-15-30(16-12-26)14-10-22-5-2-1-3-6-22/h1-9,13,19-20,26,28,32H,10-12,14-18,21H2/t28-/m1/s1. The molecule has 0 spiro atoms. The van der Waals surface area contributed by atoms with Crippen molar-refractivity contribution in [2.45, 2.75) is 38.0 Å². The summed E-state index contributed by atoms with van der Waals surface area (Å²) in [5, 5.41) is 10.8. The average Bonchev–Trinajstić information content (AvgIpc) is 3.10. The number of nitrogens with zero attached hydrogens (tertiary/aromatic N) is 3. The van der Waals surface area contributed by atoms with Gasteiger partial charge in [-0.1, -0.05) is 42.5 Å². The molecular weight excluding hydrogens is 410 g/mol. The van der Waals surface area contributed by atoms with Crippen LogP contribution in [0.25, 0.3) is 0 Å². The molecule has 0 aliphatic carbocycles. The molecule has 3 heterocycles. The second-order valence-corrected chi connectivity index (χ2v) is 9.18. The van der Waals surface area contributed by atoms with Crippen LogP contribution >= 0.6 is 0 Å². The topological polar surface area (TPSA) is 48.8 Å². The summed E-state index contributed by atoms with van der Waals surface area (Å²) in [6, 6.07) is 21.2. The normalized spacial score (nSPS) is 18.8. The third-order valence-corrected chi connectivity index (χ3v) is 7.04. The van der Waals surface area contributed by atoms with Crippen molar-refractivity contribution < 1.29 is 9.84 Å². The zero-order chi connectivity index (χ0) is 22.5. The van der Waals surface area contributed by atoms with E-state index in [0.29, 0.717) is 12.6 Å². The van der Waals surface area contributed by atoms with E-state index in [1.807, 2.05) is 24.3 Å². The number of aliphatic hydroxyl groups is 1. The minimum atomic E-state index is -0.673. The Bertz CT molecular complexity index is 1020. The Morgan fingerprint density at radius 2 is 1.82 bits per heavy atom. The Hall–Kier alpha value is -2.73. The molecule has 5 heteroatoms. The molecule has 1 N–H and O–H groups in total. The second kappa shape index (κ2) is 10.5. The van der Waals surface area contributed by atoms with E-state index < -0.39 is 6.10 Å². The third-order valence-electron chi connectivity index (χ3n) is 7.04. The SMILES string of the molecule is O[C@@H](c1cccnc1)c1ccc2c(c1)CN(C1CCN(CCc3ccccc3)CC1)CCO2. The van der Waals surface area contributed by atoms with Crippen LogP contribution in [0.5, 0.6) is 5.75 Å². The Balaban J connectivity index is 1.20. The van der Waals surface area contributed by atoms with E-state index in [0.717, 1.165) is 56.0 Å². The van der Waals surface area contributed by atoms with Gasteiger partial charge in [-0.05, 0) is 61.7 Å². The van der Waals surface area contributed by atoms with E-state index in [4.69, 9.17) is 4.74 Å². The molecule has 1 saturated heterocycles. The first-order chi connectivity index (χ1) is 16.3. The van der Waals surface area contributed by atoms with Gasteiger partial charge >= 0.3 is 0 Å². The van der Waals surface area contributed by atoms with Crippen molar-refractivity contribution in [1.29, 1.82) is 0 Å². The lowest BCUT2D eigenvalue weighted by molar-refractivity contribution is 0.0974. The number of benzene rings is 2. The summed E-state index contributed by atoms with van der Waals surface area (Å²) >= 11 is 0. The van der Waals surface area contributed by atoms with Gasteiger partial charge in [-0.15, -0.1) is 0 Å². The van der Waals surface area contributed by atoms with Gasteiger partial charge in [-0.3, -0.25) is 9.88 Å². The monoisotopic (exact) mass is 443 g/mol. The van der Waals surface area contributed by atoms with Gasteiger partial charge in [-0.2, -0.15) is 0 Å². The smallest absolute Gasteiger partial charge is 0.123 e. The van der Waals surface area contributed by atoms with E-state index >= 15 is 0 Å². The summed E-state index contributed by atoms with van der Waals surface area (Å²) in [7, 11) is 0. The van der Waals surface area contributed by atoms with E-state index in [-0.39, 0.29) is 0 Å². The maximum Gasteiger partial charge on any atom is 0.123 e. The van der Waals surface area contributed by atoms with Gasteiger partial charge in [0, 0.05) is 49.2 Å². The van der Waals surface area contributed by atoms with Gasteiger partial charge in [0.15, 0.2) is 0 Å². The maximum atomic E-state index is 10.8. The highest BCUT2D eigenvalue weighted by Crippen LogP contribution is 2.31. The molecule has 5 nitrogen and oxygen atoms in total. The molecule has 33 heavy (non-hydrogen) atoms. The number of hydrogen-bond acceptors (Lipinski definition) is 5. The lowest BCUT2D eigenvalue weighted by Gasteiger charge is -2.38. The van der Waals surface area contributed by atoms with Crippen molar-refractivity contribution in [3.63, 3.8) is 0 Å². The van der Waals surface area contributed by atoms with Gasteiger partial charge in [0.05, 0.1) is 0 Å². The van der Waals surface area contributed by atoms with Crippen LogP contribution < -0.4 is 4.74 Å². The van der Waals surface area contributed by atoms with Crippen molar-refractivity contribution in [1.82, 2.24) is 14.8 Å². The summed E-state index contributed by atoms with van der Waals surface area (Å²) in [6.45, 7) is 5.98. The van der Waals surface area contributed by atoms with Crippen LogP contribution in [-0.2, 0) is 13.0 Å². The number of hydrogen-bond donors (Lipinski definition) is 1. The molecule has 2 aliphatic heterocycles. The van der Waals surface area contributed by atoms with Crippen LogP contribution in [0.1, 0.15) is 41.2 Å². The van der Waals surface area contributed by atoms with Crippen LogP contribution in [0.3, 0.4) is 0 Å².